The third-order valence-electron chi connectivity index (χ3n) is 8.17. The van der Waals surface area contributed by atoms with Crippen molar-refractivity contribution in [3.63, 3.8) is 0 Å². The smallest absolute Gasteiger partial charge is 0.265 e. The molecule has 0 fully saturated rings. The molecule has 50 heavy (non-hydrogen) atoms. The molecule has 0 unspecified atom stereocenters. The predicted octanol–water partition coefficient (Wildman–Crippen LogP) is 5.50. The van der Waals surface area contributed by atoms with Crippen LogP contribution in [-0.2, 0) is 118 Å². The van der Waals surface area contributed by atoms with Crippen LogP contribution in [-0.4, -0.2) is 9.13 Å². The average Bonchev–Trinajstić information content (AvgIpc) is 3.45. The van der Waals surface area contributed by atoms with Crippen LogP contribution in [0.4, 0.5) is 0 Å². The summed E-state index contributed by atoms with van der Waals surface area (Å²) >= 11 is 0. The predicted molar refractivity (Wildman–Crippen MR) is 182 cm³/mol. The van der Waals surface area contributed by atoms with E-state index in [1.54, 1.807) is 12.1 Å². The fourth-order valence-electron chi connectivity index (χ4n) is 5.85. The minimum absolute atomic E-state index is 0. The molecule has 8 nitrogen and oxygen atoms in total. The van der Waals surface area contributed by atoms with Crippen LogP contribution in [0.3, 0.4) is 0 Å². The topological polar surface area (TPSA) is 96.6 Å². The van der Waals surface area contributed by atoms with Crippen LogP contribution >= 0.6 is 0 Å². The van der Waals surface area contributed by atoms with Crippen LogP contribution in [0.15, 0.2) is 128 Å². The Balaban J connectivity index is 0.00000187. The van der Waals surface area contributed by atoms with E-state index in [1.807, 2.05) is 98.3 Å². The van der Waals surface area contributed by atoms with Crippen LogP contribution in [0.5, 0.6) is 11.5 Å². The van der Waals surface area contributed by atoms with Crippen LogP contribution in [0.1, 0.15) is 27.8 Å². The number of nitrogens with zero attached hydrogens (tertiary/aromatic N) is 2. The third-order valence-corrected chi connectivity index (χ3v) is 8.17. The summed E-state index contributed by atoms with van der Waals surface area (Å²) in [6, 6.07) is 33.4. The summed E-state index contributed by atoms with van der Waals surface area (Å²) in [5.74, 6) is 1.16. The molecule has 0 aliphatic heterocycles. The molecule has 2 heterocycles. The van der Waals surface area contributed by atoms with E-state index in [1.165, 1.54) is 19.2 Å². The Morgan fingerprint density at radius 3 is 1.48 bits per heavy atom. The molecule has 3 radical (unpaired) electrons. The van der Waals surface area contributed by atoms with Gasteiger partial charge in [0.15, 0.2) is 0 Å². The SMILES string of the molecule is Cc1cc([CH-]c2cc(OCc3ccccc3)cc(-n3c(=O)c4cc5c(=O)n(C)c(=O)c5cc4c3=O)c2)cc(OCc2ccccc2)c1.[Y].[Y].[Y]. The van der Waals surface area contributed by atoms with Gasteiger partial charge in [0.25, 0.3) is 22.2 Å². The summed E-state index contributed by atoms with van der Waals surface area (Å²) in [6.45, 7) is 2.69. The van der Waals surface area contributed by atoms with Crippen molar-refractivity contribution in [2.24, 2.45) is 7.05 Å². The molecular weight excluding hydrogens is 859 g/mol. The summed E-state index contributed by atoms with van der Waals surface area (Å²) in [5, 5.41) is 0.367. The van der Waals surface area contributed by atoms with Gasteiger partial charge in [-0.15, -0.1) is 23.6 Å². The summed E-state index contributed by atoms with van der Waals surface area (Å²) in [4.78, 5) is 52.7. The molecule has 7 rings (SSSR count). The standard InChI is InChI=1S/C39H29N2O6.3Y/c1-24-13-27(17-30(14-24)46-22-25-9-5-3-6-10-25)15-28-16-29(19-31(18-28)47-23-26-11-7-4-8-12-26)41-38(44)34-20-32-33(21-35(34)39(41)45)37(43)40(2)36(32)42;;;/h3-21H,22-23H2,1-2H3;;;/q-1;;;. The van der Waals surface area contributed by atoms with E-state index in [2.05, 4.69) is 0 Å². The molecule has 7 aromatic rings. The van der Waals surface area contributed by atoms with Gasteiger partial charge in [-0.1, -0.05) is 84.4 Å². The zero-order valence-electron chi connectivity index (χ0n) is 27.5. The third kappa shape index (κ3) is 8.28. The van der Waals surface area contributed by atoms with Crippen molar-refractivity contribution in [2.45, 2.75) is 20.1 Å². The van der Waals surface area contributed by atoms with E-state index in [4.69, 9.17) is 9.47 Å². The van der Waals surface area contributed by atoms with E-state index < -0.39 is 22.2 Å². The molecule has 0 N–H and O–H groups in total. The first-order valence-electron chi connectivity index (χ1n) is 15.1. The second kappa shape index (κ2) is 17.1. The summed E-state index contributed by atoms with van der Waals surface area (Å²) in [5.41, 5.74) is 2.68. The Morgan fingerprint density at radius 2 is 0.980 bits per heavy atom. The van der Waals surface area contributed by atoms with Crippen molar-refractivity contribution >= 4 is 21.5 Å². The van der Waals surface area contributed by atoms with Gasteiger partial charge in [-0.05, 0) is 42.3 Å². The van der Waals surface area contributed by atoms with E-state index in [9.17, 15) is 19.2 Å². The zero-order valence-corrected chi connectivity index (χ0v) is 36.0. The minimum atomic E-state index is -0.582. The molecule has 5 aromatic carbocycles. The molecule has 0 spiro atoms. The van der Waals surface area contributed by atoms with Crippen molar-refractivity contribution in [2.75, 3.05) is 0 Å². The number of fused-ring (bicyclic) bond motifs is 2. The zero-order chi connectivity index (χ0) is 32.7. The van der Waals surface area contributed by atoms with Crippen LogP contribution in [0, 0.1) is 13.3 Å². The molecule has 0 amide bonds. The van der Waals surface area contributed by atoms with Crippen molar-refractivity contribution < 1.29 is 108 Å². The van der Waals surface area contributed by atoms with Gasteiger partial charge in [-0.3, -0.25) is 23.7 Å². The Kier molecular flexibility index (Phi) is 13.7. The monoisotopic (exact) mass is 888 g/mol. The van der Waals surface area contributed by atoms with Crippen molar-refractivity contribution in [1.82, 2.24) is 9.13 Å². The number of aromatic nitrogens is 2. The number of benzene rings is 5. The van der Waals surface area contributed by atoms with Crippen molar-refractivity contribution in [3.8, 4) is 17.2 Å². The van der Waals surface area contributed by atoms with Crippen LogP contribution in [0.2, 0.25) is 0 Å². The van der Waals surface area contributed by atoms with Crippen molar-refractivity contribution in [3.05, 3.63) is 185 Å². The summed E-state index contributed by atoms with van der Waals surface area (Å²) in [6.07, 6.45) is 1.93. The minimum Gasteiger partial charge on any atom is -0.497 e. The largest absolute Gasteiger partial charge is 0.497 e. The van der Waals surface area contributed by atoms with E-state index in [-0.39, 0.29) is 126 Å². The number of rotatable bonds is 9. The fourth-order valence-corrected chi connectivity index (χ4v) is 5.85. The second-order valence-corrected chi connectivity index (χ2v) is 11.6. The number of aryl methyl sites for hydroxylation is 1. The first-order chi connectivity index (χ1) is 22.7. The Hall–Kier alpha value is -2.84. The van der Waals surface area contributed by atoms with Crippen LogP contribution in [0.25, 0.3) is 27.2 Å². The maximum absolute atomic E-state index is 13.7. The van der Waals surface area contributed by atoms with Gasteiger partial charge in [0, 0.05) is 111 Å². The molecule has 11 heteroatoms. The molecule has 0 aliphatic rings. The quantitative estimate of drug-likeness (QED) is 0.178. The summed E-state index contributed by atoms with van der Waals surface area (Å²) in [7, 11) is 1.37. The van der Waals surface area contributed by atoms with Gasteiger partial charge >= 0.3 is 0 Å². The van der Waals surface area contributed by atoms with Gasteiger partial charge in [0.1, 0.15) is 13.2 Å². The number of hydrogen-bond donors (Lipinski definition) is 0. The maximum Gasteiger partial charge on any atom is 0.265 e. The van der Waals surface area contributed by atoms with Crippen molar-refractivity contribution in [1.29, 1.82) is 0 Å². The maximum atomic E-state index is 13.7. The van der Waals surface area contributed by atoms with Crippen LogP contribution < -0.4 is 31.7 Å². The van der Waals surface area contributed by atoms with E-state index in [0.717, 1.165) is 31.4 Å². The van der Waals surface area contributed by atoms with Gasteiger partial charge in [-0.2, -0.15) is 0 Å². The molecule has 0 bridgehead atoms. The molecule has 0 aliphatic carbocycles. The first kappa shape index (κ1) is 39.9. The molecule has 0 saturated carbocycles. The van der Waals surface area contributed by atoms with E-state index >= 15 is 0 Å². The Labute approximate surface area is 363 Å². The van der Waals surface area contributed by atoms with E-state index in [0.29, 0.717) is 29.4 Å². The number of ether oxygens (including phenoxy) is 2. The molecule has 0 atom stereocenters. The Morgan fingerprint density at radius 1 is 0.540 bits per heavy atom. The molecule has 2 aromatic heterocycles. The van der Waals surface area contributed by atoms with Gasteiger partial charge in [-0.25, -0.2) is 4.57 Å². The second-order valence-electron chi connectivity index (χ2n) is 11.6. The molecular formula is C39H29N2O6Y3-. The summed E-state index contributed by atoms with van der Waals surface area (Å²) < 4.78 is 14.3. The fraction of sp³-hybridized carbons (Fsp3) is 0.103. The molecule has 0 saturated heterocycles. The Bertz CT molecular complexity index is 2430. The average molecular weight is 888 g/mol. The molecule has 241 valence electrons. The van der Waals surface area contributed by atoms with Gasteiger partial charge in [0.2, 0.25) is 0 Å². The first-order valence-corrected chi connectivity index (χ1v) is 15.1. The number of hydrogen-bond acceptors (Lipinski definition) is 6. The van der Waals surface area contributed by atoms with Gasteiger partial charge in [0.05, 0.1) is 33.0 Å². The normalized spacial score (nSPS) is 10.6. The van der Waals surface area contributed by atoms with Gasteiger partial charge < -0.3 is 9.47 Å².